The third-order valence-corrected chi connectivity index (χ3v) is 4.43. The van der Waals surface area contributed by atoms with Crippen LogP contribution in [0.4, 0.5) is 4.39 Å². The number of hydrogen-bond acceptors (Lipinski definition) is 5. The van der Waals surface area contributed by atoms with E-state index in [1.807, 2.05) is 6.92 Å². The molecule has 0 bridgehead atoms. The molecule has 0 N–H and O–H groups in total. The van der Waals surface area contributed by atoms with Crippen LogP contribution < -0.4 is 0 Å². The van der Waals surface area contributed by atoms with Crippen molar-refractivity contribution in [1.29, 1.82) is 0 Å². The lowest BCUT2D eigenvalue weighted by atomic mass is 10.2. The first kappa shape index (κ1) is 16.4. The van der Waals surface area contributed by atoms with Crippen molar-refractivity contribution in [1.82, 2.24) is 0 Å². The fourth-order valence-corrected chi connectivity index (χ4v) is 3.03. The highest BCUT2D eigenvalue weighted by Gasteiger charge is 2.42. The van der Waals surface area contributed by atoms with Crippen LogP contribution >= 0.6 is 0 Å². The first-order valence-corrected chi connectivity index (χ1v) is 8.02. The molecule has 0 amide bonds. The number of halogens is 1. The van der Waals surface area contributed by atoms with E-state index in [2.05, 4.69) is 0 Å². The van der Waals surface area contributed by atoms with E-state index < -0.39 is 34.8 Å². The highest BCUT2D eigenvalue weighted by atomic mass is 32.2. The molecule has 1 saturated heterocycles. The molecule has 1 aromatic carbocycles. The first-order valence-electron chi connectivity index (χ1n) is 6.61. The van der Waals surface area contributed by atoms with Crippen molar-refractivity contribution < 1.29 is 26.5 Å². The normalized spacial score (nSPS) is 25.1. The molecular formula is C14H19FO5S. The molecule has 2 atom stereocenters. The molecule has 118 valence electrons. The Balaban J connectivity index is 2.03. The van der Waals surface area contributed by atoms with E-state index >= 15 is 0 Å². The minimum absolute atomic E-state index is 0.0584. The van der Waals surface area contributed by atoms with Gasteiger partial charge in [-0.15, -0.1) is 0 Å². The Morgan fingerprint density at radius 2 is 1.76 bits per heavy atom. The SMILES string of the molecule is Cc1ccc(S(=O)(=O)OC[C@@H]2OC(C)(C)O[C@H]2CF)cc1. The second kappa shape index (κ2) is 6.00. The van der Waals surface area contributed by atoms with E-state index in [-0.39, 0.29) is 11.5 Å². The third-order valence-electron chi connectivity index (χ3n) is 3.13. The van der Waals surface area contributed by atoms with Gasteiger partial charge >= 0.3 is 0 Å². The van der Waals surface area contributed by atoms with Crippen molar-refractivity contribution in [2.45, 2.75) is 43.7 Å². The van der Waals surface area contributed by atoms with E-state index in [0.29, 0.717) is 0 Å². The fraction of sp³-hybridized carbons (Fsp3) is 0.571. The lowest BCUT2D eigenvalue weighted by Crippen LogP contribution is -2.30. The minimum Gasteiger partial charge on any atom is -0.342 e. The molecule has 0 aliphatic carbocycles. The van der Waals surface area contributed by atoms with E-state index in [4.69, 9.17) is 13.7 Å². The highest BCUT2D eigenvalue weighted by molar-refractivity contribution is 7.86. The zero-order chi connectivity index (χ0) is 15.7. The van der Waals surface area contributed by atoms with E-state index in [9.17, 15) is 12.8 Å². The monoisotopic (exact) mass is 318 g/mol. The van der Waals surface area contributed by atoms with Crippen molar-refractivity contribution in [2.75, 3.05) is 13.3 Å². The summed E-state index contributed by atoms with van der Waals surface area (Å²) in [5.41, 5.74) is 0.945. The summed E-state index contributed by atoms with van der Waals surface area (Å²) in [6.45, 7) is 4.10. The quantitative estimate of drug-likeness (QED) is 0.779. The van der Waals surface area contributed by atoms with Gasteiger partial charge in [0.2, 0.25) is 0 Å². The molecule has 0 spiro atoms. The van der Waals surface area contributed by atoms with E-state index in [0.717, 1.165) is 5.56 Å². The smallest absolute Gasteiger partial charge is 0.297 e. The zero-order valence-corrected chi connectivity index (χ0v) is 13.0. The van der Waals surface area contributed by atoms with Gasteiger partial charge in [-0.3, -0.25) is 4.18 Å². The van der Waals surface area contributed by atoms with Crippen LogP contribution in [0.25, 0.3) is 0 Å². The summed E-state index contributed by atoms with van der Waals surface area (Å²) in [5, 5.41) is 0. The molecule has 1 fully saturated rings. The Hall–Kier alpha value is -1.02. The van der Waals surface area contributed by atoms with Gasteiger partial charge in [0.05, 0.1) is 11.5 Å². The molecule has 1 aromatic rings. The van der Waals surface area contributed by atoms with Gasteiger partial charge in [0.25, 0.3) is 10.1 Å². The molecule has 2 rings (SSSR count). The molecule has 7 heteroatoms. The number of alkyl halides is 1. The molecule has 21 heavy (non-hydrogen) atoms. The summed E-state index contributed by atoms with van der Waals surface area (Å²) in [5.74, 6) is -0.946. The van der Waals surface area contributed by atoms with Crippen LogP contribution in [0.15, 0.2) is 29.2 Å². The van der Waals surface area contributed by atoms with Gasteiger partial charge in [0.1, 0.15) is 18.9 Å². The van der Waals surface area contributed by atoms with Crippen molar-refractivity contribution in [3.63, 3.8) is 0 Å². The van der Waals surface area contributed by atoms with Gasteiger partial charge in [-0.2, -0.15) is 8.42 Å². The van der Waals surface area contributed by atoms with Crippen LogP contribution in [0.2, 0.25) is 0 Å². The third kappa shape index (κ3) is 4.00. The Morgan fingerprint density at radius 3 is 2.33 bits per heavy atom. The minimum atomic E-state index is -3.89. The number of benzene rings is 1. The summed E-state index contributed by atoms with van der Waals surface area (Å²) in [7, 11) is -3.89. The Kier molecular flexibility index (Phi) is 4.67. The first-order chi connectivity index (χ1) is 9.73. The van der Waals surface area contributed by atoms with Crippen LogP contribution in [-0.4, -0.2) is 39.7 Å². The van der Waals surface area contributed by atoms with Crippen LogP contribution in [0.5, 0.6) is 0 Å². The standard InChI is InChI=1S/C14H19FO5S/c1-10-4-6-11(7-5-10)21(16,17)18-9-13-12(8-15)19-14(2,3)20-13/h4-7,12-13H,8-9H2,1-3H3/t12-,13-/m0/s1. The topological polar surface area (TPSA) is 61.8 Å². The largest absolute Gasteiger partial charge is 0.342 e. The van der Waals surface area contributed by atoms with Gasteiger partial charge < -0.3 is 9.47 Å². The van der Waals surface area contributed by atoms with E-state index in [1.54, 1.807) is 26.0 Å². The summed E-state index contributed by atoms with van der Waals surface area (Å²) in [4.78, 5) is 0.0584. The Morgan fingerprint density at radius 1 is 1.19 bits per heavy atom. The van der Waals surface area contributed by atoms with Crippen molar-refractivity contribution in [3.05, 3.63) is 29.8 Å². The summed E-state index contributed by atoms with van der Waals surface area (Å²) in [6, 6.07) is 6.29. The molecule has 1 aliphatic heterocycles. The molecule has 1 aliphatic rings. The summed E-state index contributed by atoms with van der Waals surface area (Å²) < 4.78 is 52.7. The Bertz CT molecular complexity index is 582. The molecule has 5 nitrogen and oxygen atoms in total. The fourth-order valence-electron chi connectivity index (χ4n) is 2.11. The van der Waals surface area contributed by atoms with Gasteiger partial charge in [0, 0.05) is 0 Å². The van der Waals surface area contributed by atoms with Crippen LogP contribution in [-0.2, 0) is 23.8 Å². The molecule has 1 heterocycles. The maximum atomic E-state index is 12.9. The Labute approximate surface area is 124 Å². The summed E-state index contributed by atoms with van der Waals surface area (Å²) >= 11 is 0. The maximum Gasteiger partial charge on any atom is 0.297 e. The number of aryl methyl sites for hydroxylation is 1. The molecular weight excluding hydrogens is 299 g/mol. The van der Waals surface area contributed by atoms with E-state index in [1.165, 1.54) is 12.1 Å². The van der Waals surface area contributed by atoms with Gasteiger partial charge in [0.15, 0.2) is 5.79 Å². The number of rotatable bonds is 5. The predicted molar refractivity (Wildman–Crippen MR) is 74.1 cm³/mol. The predicted octanol–water partition coefficient (Wildman–Crippen LogP) is 2.19. The molecule has 0 saturated carbocycles. The lowest BCUT2D eigenvalue weighted by molar-refractivity contribution is -0.149. The van der Waals surface area contributed by atoms with Crippen LogP contribution in [0.3, 0.4) is 0 Å². The van der Waals surface area contributed by atoms with Crippen molar-refractivity contribution >= 4 is 10.1 Å². The molecule has 0 unspecified atom stereocenters. The number of ether oxygens (including phenoxy) is 2. The second-order valence-electron chi connectivity index (χ2n) is 5.42. The highest BCUT2D eigenvalue weighted by Crippen LogP contribution is 2.29. The van der Waals surface area contributed by atoms with Crippen LogP contribution in [0, 0.1) is 6.92 Å². The molecule has 0 aromatic heterocycles. The van der Waals surface area contributed by atoms with Crippen molar-refractivity contribution in [2.24, 2.45) is 0 Å². The average Bonchev–Trinajstić information content (AvgIpc) is 2.72. The number of hydrogen-bond donors (Lipinski definition) is 0. The zero-order valence-electron chi connectivity index (χ0n) is 12.2. The van der Waals surface area contributed by atoms with Crippen LogP contribution in [0.1, 0.15) is 19.4 Å². The second-order valence-corrected chi connectivity index (χ2v) is 7.03. The lowest BCUT2D eigenvalue weighted by Gasteiger charge is -2.16. The van der Waals surface area contributed by atoms with Gasteiger partial charge in [-0.05, 0) is 32.9 Å². The van der Waals surface area contributed by atoms with Crippen molar-refractivity contribution in [3.8, 4) is 0 Å². The van der Waals surface area contributed by atoms with Gasteiger partial charge in [-0.1, -0.05) is 17.7 Å². The maximum absolute atomic E-state index is 12.9. The van der Waals surface area contributed by atoms with Gasteiger partial charge in [-0.25, -0.2) is 4.39 Å². The average molecular weight is 318 g/mol. The summed E-state index contributed by atoms with van der Waals surface area (Å²) in [6.07, 6.45) is -1.58. The molecule has 0 radical (unpaired) electrons.